The molecule has 0 bridgehead atoms. The third kappa shape index (κ3) is 3.47. The minimum atomic E-state index is 0.824. The maximum atomic E-state index is 4.75. The first-order valence-electron chi connectivity index (χ1n) is 6.79. The van der Waals surface area contributed by atoms with Gasteiger partial charge >= 0.3 is 0 Å². The molecule has 1 aromatic rings. The fourth-order valence-electron chi connectivity index (χ4n) is 2.36. The number of thiazole rings is 1. The van der Waals surface area contributed by atoms with Crippen LogP contribution in [0.2, 0.25) is 0 Å². The van der Waals surface area contributed by atoms with Gasteiger partial charge < -0.3 is 4.90 Å². The zero-order valence-corrected chi connectivity index (χ0v) is 13.1. The van der Waals surface area contributed by atoms with Crippen molar-refractivity contribution in [1.29, 1.82) is 0 Å². The Bertz CT molecular complexity index is 349. The van der Waals surface area contributed by atoms with Crippen molar-refractivity contribution in [2.45, 2.75) is 32.6 Å². The standard InChI is InChI=1S/C13H23N3S2/c1-3-11-12(10-17)18-13(14-11)9-16-7-5-15(4-2)6-8-16/h17H,3-10H2,1-2H3. The van der Waals surface area contributed by atoms with Crippen LogP contribution in [0.15, 0.2) is 0 Å². The summed E-state index contributed by atoms with van der Waals surface area (Å²) < 4.78 is 0. The van der Waals surface area contributed by atoms with E-state index >= 15 is 0 Å². The SMILES string of the molecule is CCc1nc(CN2CCN(CC)CC2)sc1CS. The van der Waals surface area contributed by atoms with Crippen molar-refractivity contribution < 1.29 is 0 Å². The Balaban J connectivity index is 1.91. The highest BCUT2D eigenvalue weighted by Crippen LogP contribution is 2.22. The van der Waals surface area contributed by atoms with E-state index < -0.39 is 0 Å². The molecule has 2 rings (SSSR count). The van der Waals surface area contributed by atoms with Crippen molar-refractivity contribution in [1.82, 2.24) is 14.8 Å². The molecule has 1 saturated heterocycles. The van der Waals surface area contributed by atoms with Crippen molar-refractivity contribution in [3.05, 3.63) is 15.6 Å². The molecule has 0 aliphatic carbocycles. The molecule has 0 spiro atoms. The number of likely N-dealkylation sites (N-methyl/N-ethyl adjacent to an activating group) is 1. The summed E-state index contributed by atoms with van der Waals surface area (Å²) >= 11 is 6.23. The van der Waals surface area contributed by atoms with E-state index in [0.717, 1.165) is 18.7 Å². The fourth-order valence-corrected chi connectivity index (χ4v) is 3.80. The molecule has 2 heterocycles. The lowest BCUT2D eigenvalue weighted by Gasteiger charge is -2.33. The Labute approximate surface area is 120 Å². The van der Waals surface area contributed by atoms with Gasteiger partial charge in [-0.3, -0.25) is 4.90 Å². The van der Waals surface area contributed by atoms with E-state index in [0.29, 0.717) is 0 Å². The second-order valence-electron chi connectivity index (χ2n) is 4.70. The first kappa shape index (κ1) is 14.3. The molecule has 0 saturated carbocycles. The molecule has 1 aliphatic heterocycles. The average Bonchev–Trinajstić information content (AvgIpc) is 2.81. The van der Waals surface area contributed by atoms with E-state index in [9.17, 15) is 0 Å². The third-order valence-corrected chi connectivity index (χ3v) is 5.18. The molecule has 0 amide bonds. The minimum absolute atomic E-state index is 0.824. The maximum Gasteiger partial charge on any atom is 0.107 e. The van der Waals surface area contributed by atoms with Crippen LogP contribution in [0.5, 0.6) is 0 Å². The van der Waals surface area contributed by atoms with Crippen LogP contribution in [0.25, 0.3) is 0 Å². The summed E-state index contributed by atoms with van der Waals surface area (Å²) in [4.78, 5) is 11.1. The lowest BCUT2D eigenvalue weighted by molar-refractivity contribution is 0.132. The Morgan fingerprint density at radius 2 is 1.83 bits per heavy atom. The van der Waals surface area contributed by atoms with Gasteiger partial charge in [-0.2, -0.15) is 12.6 Å². The van der Waals surface area contributed by atoms with Gasteiger partial charge in [0.05, 0.1) is 12.2 Å². The Kier molecular flexibility index (Phi) is 5.48. The summed E-state index contributed by atoms with van der Waals surface area (Å²) in [6, 6.07) is 0. The third-order valence-electron chi connectivity index (χ3n) is 3.57. The number of aromatic nitrogens is 1. The molecule has 0 unspecified atom stereocenters. The topological polar surface area (TPSA) is 19.4 Å². The molecule has 5 heteroatoms. The van der Waals surface area contributed by atoms with Gasteiger partial charge in [-0.1, -0.05) is 13.8 Å². The predicted molar refractivity (Wildman–Crippen MR) is 81.6 cm³/mol. The molecule has 3 nitrogen and oxygen atoms in total. The van der Waals surface area contributed by atoms with Gasteiger partial charge in [0.1, 0.15) is 5.01 Å². The van der Waals surface area contributed by atoms with Crippen molar-refractivity contribution >= 4 is 24.0 Å². The molecule has 0 atom stereocenters. The molecule has 1 aliphatic rings. The van der Waals surface area contributed by atoms with E-state index in [1.807, 2.05) is 11.3 Å². The van der Waals surface area contributed by atoms with E-state index in [4.69, 9.17) is 4.98 Å². The van der Waals surface area contributed by atoms with E-state index in [1.165, 1.54) is 48.3 Å². The number of nitrogens with zero attached hydrogens (tertiary/aromatic N) is 3. The van der Waals surface area contributed by atoms with Gasteiger partial charge in [-0.15, -0.1) is 11.3 Å². The van der Waals surface area contributed by atoms with Crippen LogP contribution in [0.4, 0.5) is 0 Å². The van der Waals surface area contributed by atoms with Crippen LogP contribution >= 0.6 is 24.0 Å². The summed E-state index contributed by atoms with van der Waals surface area (Å²) in [6.07, 6.45) is 1.02. The molecular weight excluding hydrogens is 262 g/mol. The van der Waals surface area contributed by atoms with E-state index in [2.05, 4.69) is 36.3 Å². The molecule has 0 aromatic carbocycles. The van der Waals surface area contributed by atoms with Gasteiger partial charge in [0.2, 0.25) is 0 Å². The highest BCUT2D eigenvalue weighted by atomic mass is 32.1. The lowest BCUT2D eigenvalue weighted by Crippen LogP contribution is -2.45. The zero-order valence-electron chi connectivity index (χ0n) is 11.4. The molecule has 18 heavy (non-hydrogen) atoms. The zero-order chi connectivity index (χ0) is 13.0. The van der Waals surface area contributed by atoms with Gasteiger partial charge in [0.25, 0.3) is 0 Å². The van der Waals surface area contributed by atoms with Gasteiger partial charge in [-0.25, -0.2) is 4.98 Å². The highest BCUT2D eigenvalue weighted by molar-refractivity contribution is 7.79. The Morgan fingerprint density at radius 1 is 1.17 bits per heavy atom. The molecule has 1 fully saturated rings. The Hall–Kier alpha value is -0.100. The molecule has 0 N–H and O–H groups in total. The first-order chi connectivity index (χ1) is 8.76. The lowest BCUT2D eigenvalue weighted by atomic mass is 10.3. The van der Waals surface area contributed by atoms with Gasteiger partial charge in [0.15, 0.2) is 0 Å². The van der Waals surface area contributed by atoms with Crippen LogP contribution < -0.4 is 0 Å². The van der Waals surface area contributed by atoms with Crippen LogP contribution in [-0.4, -0.2) is 47.5 Å². The number of rotatable bonds is 5. The second-order valence-corrected chi connectivity index (χ2v) is 6.18. The fraction of sp³-hybridized carbons (Fsp3) is 0.769. The monoisotopic (exact) mass is 285 g/mol. The van der Waals surface area contributed by atoms with Crippen LogP contribution in [-0.2, 0) is 18.7 Å². The van der Waals surface area contributed by atoms with Crippen LogP contribution in [0.3, 0.4) is 0 Å². The average molecular weight is 285 g/mol. The molecule has 1 aromatic heterocycles. The number of hydrogen-bond acceptors (Lipinski definition) is 5. The largest absolute Gasteiger partial charge is 0.301 e. The van der Waals surface area contributed by atoms with Crippen LogP contribution in [0, 0.1) is 0 Å². The van der Waals surface area contributed by atoms with Crippen molar-refractivity contribution in [2.24, 2.45) is 0 Å². The number of aryl methyl sites for hydroxylation is 1. The summed E-state index contributed by atoms with van der Waals surface area (Å²) in [5, 5.41) is 1.26. The van der Waals surface area contributed by atoms with E-state index in [-0.39, 0.29) is 0 Å². The number of thiol groups is 1. The van der Waals surface area contributed by atoms with Crippen molar-refractivity contribution in [3.63, 3.8) is 0 Å². The van der Waals surface area contributed by atoms with E-state index in [1.54, 1.807) is 0 Å². The van der Waals surface area contributed by atoms with Gasteiger partial charge in [0, 0.05) is 36.8 Å². The maximum absolute atomic E-state index is 4.75. The minimum Gasteiger partial charge on any atom is -0.301 e. The molecular formula is C13H23N3S2. The van der Waals surface area contributed by atoms with Crippen LogP contribution in [0.1, 0.15) is 29.4 Å². The summed E-state index contributed by atoms with van der Waals surface area (Å²) in [6.45, 7) is 11.3. The smallest absolute Gasteiger partial charge is 0.107 e. The summed E-state index contributed by atoms with van der Waals surface area (Å²) in [5.74, 6) is 0.824. The highest BCUT2D eigenvalue weighted by Gasteiger charge is 2.17. The molecule has 0 radical (unpaired) electrons. The quantitative estimate of drug-likeness (QED) is 0.838. The Morgan fingerprint density at radius 3 is 2.33 bits per heavy atom. The predicted octanol–water partition coefficient (Wildman–Crippen LogP) is 2.27. The normalized spacial score (nSPS) is 18.4. The van der Waals surface area contributed by atoms with Crippen molar-refractivity contribution in [2.75, 3.05) is 32.7 Å². The van der Waals surface area contributed by atoms with Crippen molar-refractivity contribution in [3.8, 4) is 0 Å². The number of piperazine rings is 1. The van der Waals surface area contributed by atoms with Gasteiger partial charge in [-0.05, 0) is 13.0 Å². The summed E-state index contributed by atoms with van der Waals surface area (Å²) in [5.41, 5.74) is 1.25. The first-order valence-corrected chi connectivity index (χ1v) is 8.24. The summed E-state index contributed by atoms with van der Waals surface area (Å²) in [7, 11) is 0. The second kappa shape index (κ2) is 6.89. The molecule has 102 valence electrons. The number of hydrogen-bond donors (Lipinski definition) is 1.